The zero-order valence-electron chi connectivity index (χ0n) is 11.8. The van der Waals surface area contributed by atoms with Crippen LogP contribution in [-0.4, -0.2) is 30.3 Å². The fourth-order valence-electron chi connectivity index (χ4n) is 3.35. The molecule has 1 aliphatic carbocycles. The van der Waals surface area contributed by atoms with Crippen molar-refractivity contribution in [3.63, 3.8) is 0 Å². The van der Waals surface area contributed by atoms with Crippen molar-refractivity contribution in [2.75, 3.05) is 13.6 Å². The van der Waals surface area contributed by atoms with Gasteiger partial charge in [-0.2, -0.15) is 0 Å². The zero-order valence-corrected chi connectivity index (χ0v) is 11.8. The maximum Gasteiger partial charge on any atom is 0.228 e. The molecule has 4 nitrogen and oxygen atoms in total. The van der Waals surface area contributed by atoms with Crippen LogP contribution in [-0.2, 0) is 16.0 Å². The third-order valence-electron chi connectivity index (χ3n) is 4.48. The number of aryl methyl sites for hydroxylation is 1. The summed E-state index contributed by atoms with van der Waals surface area (Å²) in [6, 6.07) is 8.53. The van der Waals surface area contributed by atoms with E-state index in [4.69, 9.17) is 0 Å². The predicted octanol–water partition coefficient (Wildman–Crippen LogP) is 1.66. The van der Waals surface area contributed by atoms with Gasteiger partial charge >= 0.3 is 0 Å². The van der Waals surface area contributed by atoms with Crippen LogP contribution >= 0.6 is 0 Å². The molecule has 0 aromatic heterocycles. The van der Waals surface area contributed by atoms with E-state index in [9.17, 15) is 9.59 Å². The van der Waals surface area contributed by atoms with Crippen molar-refractivity contribution in [1.82, 2.24) is 10.2 Å². The highest BCUT2D eigenvalue weighted by molar-refractivity contribution is 5.89. The van der Waals surface area contributed by atoms with Gasteiger partial charge in [0.05, 0.1) is 12.0 Å². The Labute approximate surface area is 119 Å². The summed E-state index contributed by atoms with van der Waals surface area (Å²) in [6.45, 7) is 0.483. The van der Waals surface area contributed by atoms with Crippen molar-refractivity contribution < 1.29 is 9.59 Å². The molecule has 0 radical (unpaired) electrons. The van der Waals surface area contributed by atoms with Gasteiger partial charge in [-0.05, 0) is 30.4 Å². The third kappa shape index (κ3) is 2.30. The minimum Gasteiger partial charge on any atom is -0.355 e. The van der Waals surface area contributed by atoms with Crippen LogP contribution in [0.3, 0.4) is 0 Å². The zero-order chi connectivity index (χ0) is 14.1. The Hall–Kier alpha value is -1.84. The van der Waals surface area contributed by atoms with Crippen LogP contribution in [0.5, 0.6) is 0 Å². The summed E-state index contributed by atoms with van der Waals surface area (Å²) in [5.74, 6) is -0.118. The molecule has 20 heavy (non-hydrogen) atoms. The second kappa shape index (κ2) is 5.27. The molecule has 2 amide bonds. The summed E-state index contributed by atoms with van der Waals surface area (Å²) in [4.78, 5) is 25.7. The molecule has 0 spiro atoms. The number of rotatable bonds is 2. The normalized spacial score (nSPS) is 24.9. The van der Waals surface area contributed by atoms with Crippen molar-refractivity contribution in [2.24, 2.45) is 5.92 Å². The van der Waals surface area contributed by atoms with Gasteiger partial charge in [0.15, 0.2) is 0 Å². The first-order valence-corrected chi connectivity index (χ1v) is 7.28. The summed E-state index contributed by atoms with van der Waals surface area (Å²) in [6.07, 6.45) is 3.55. The predicted molar refractivity (Wildman–Crippen MR) is 76.0 cm³/mol. The Morgan fingerprint density at radius 1 is 1.35 bits per heavy atom. The van der Waals surface area contributed by atoms with Crippen LogP contribution in [0.25, 0.3) is 0 Å². The Kier molecular flexibility index (Phi) is 3.47. The molecule has 2 unspecified atom stereocenters. The molecule has 2 atom stereocenters. The molecule has 1 aromatic carbocycles. The lowest BCUT2D eigenvalue weighted by Gasteiger charge is -2.34. The molecular formula is C16H20N2O2. The number of hydrogen-bond acceptors (Lipinski definition) is 2. The van der Waals surface area contributed by atoms with Crippen molar-refractivity contribution in [1.29, 1.82) is 0 Å². The molecule has 1 saturated heterocycles. The van der Waals surface area contributed by atoms with E-state index in [2.05, 4.69) is 23.5 Å². The third-order valence-corrected chi connectivity index (χ3v) is 4.48. The average Bonchev–Trinajstić information content (AvgIpc) is 2.91. The highest BCUT2D eigenvalue weighted by Crippen LogP contribution is 2.34. The SMILES string of the molecule is CN(C(=O)C1CNC(=O)C1)C1CCCc2ccccc21. The summed E-state index contributed by atoms with van der Waals surface area (Å²) in [7, 11) is 1.87. The lowest BCUT2D eigenvalue weighted by Crippen LogP contribution is -2.38. The number of nitrogens with one attached hydrogen (secondary N) is 1. The van der Waals surface area contributed by atoms with E-state index in [1.165, 1.54) is 11.1 Å². The molecule has 1 aromatic rings. The van der Waals surface area contributed by atoms with Gasteiger partial charge in [0.25, 0.3) is 0 Å². The minimum atomic E-state index is -0.193. The lowest BCUT2D eigenvalue weighted by atomic mass is 9.86. The van der Waals surface area contributed by atoms with Gasteiger partial charge in [-0.25, -0.2) is 0 Å². The molecule has 1 fully saturated rings. The van der Waals surface area contributed by atoms with E-state index < -0.39 is 0 Å². The molecule has 1 heterocycles. The van der Waals surface area contributed by atoms with Gasteiger partial charge in [-0.3, -0.25) is 9.59 Å². The Morgan fingerprint density at radius 3 is 2.90 bits per heavy atom. The number of amides is 2. The molecule has 0 saturated carbocycles. The minimum absolute atomic E-state index is 0.0132. The number of carbonyl (C=O) groups is 2. The monoisotopic (exact) mass is 272 g/mol. The second-order valence-electron chi connectivity index (χ2n) is 5.76. The fraction of sp³-hybridized carbons (Fsp3) is 0.500. The maximum atomic E-state index is 12.5. The lowest BCUT2D eigenvalue weighted by molar-refractivity contribution is -0.137. The fourth-order valence-corrected chi connectivity index (χ4v) is 3.35. The van der Waals surface area contributed by atoms with Crippen molar-refractivity contribution in [3.05, 3.63) is 35.4 Å². The van der Waals surface area contributed by atoms with E-state index in [0.717, 1.165) is 19.3 Å². The molecule has 106 valence electrons. The number of benzene rings is 1. The Balaban J connectivity index is 1.79. The van der Waals surface area contributed by atoms with Crippen LogP contribution in [0.2, 0.25) is 0 Å². The van der Waals surface area contributed by atoms with E-state index in [1.807, 2.05) is 18.0 Å². The van der Waals surface area contributed by atoms with E-state index >= 15 is 0 Å². The molecule has 1 N–H and O–H groups in total. The first-order valence-electron chi connectivity index (χ1n) is 7.28. The summed E-state index contributed by atoms with van der Waals surface area (Å²) >= 11 is 0. The summed E-state index contributed by atoms with van der Waals surface area (Å²) < 4.78 is 0. The second-order valence-corrected chi connectivity index (χ2v) is 5.76. The molecular weight excluding hydrogens is 252 g/mol. The first-order chi connectivity index (χ1) is 9.66. The molecule has 1 aliphatic heterocycles. The van der Waals surface area contributed by atoms with Gasteiger partial charge < -0.3 is 10.2 Å². The van der Waals surface area contributed by atoms with E-state index in [-0.39, 0.29) is 23.8 Å². The molecule has 3 rings (SSSR count). The summed E-state index contributed by atoms with van der Waals surface area (Å²) in [5.41, 5.74) is 2.62. The average molecular weight is 272 g/mol. The van der Waals surface area contributed by atoms with Crippen LogP contribution < -0.4 is 5.32 Å². The van der Waals surface area contributed by atoms with Gasteiger partial charge in [-0.1, -0.05) is 24.3 Å². The van der Waals surface area contributed by atoms with Gasteiger partial charge in [0, 0.05) is 20.0 Å². The van der Waals surface area contributed by atoms with Gasteiger partial charge in [-0.15, -0.1) is 0 Å². The topological polar surface area (TPSA) is 49.4 Å². The van der Waals surface area contributed by atoms with Crippen molar-refractivity contribution in [2.45, 2.75) is 31.7 Å². The Morgan fingerprint density at radius 2 is 2.15 bits per heavy atom. The summed E-state index contributed by atoms with van der Waals surface area (Å²) in [5, 5.41) is 2.74. The molecule has 0 bridgehead atoms. The van der Waals surface area contributed by atoms with Crippen LogP contribution in [0, 0.1) is 5.92 Å². The Bertz CT molecular complexity index is 541. The van der Waals surface area contributed by atoms with Gasteiger partial charge in [0.1, 0.15) is 0 Å². The number of carbonyl (C=O) groups excluding carboxylic acids is 2. The quantitative estimate of drug-likeness (QED) is 0.890. The largest absolute Gasteiger partial charge is 0.355 e. The standard InChI is InChI=1S/C16H20N2O2/c1-18(16(20)12-9-15(19)17-10-12)14-8-4-6-11-5-2-3-7-13(11)14/h2-3,5,7,12,14H,4,6,8-10H2,1H3,(H,17,19). The van der Waals surface area contributed by atoms with Crippen molar-refractivity contribution >= 4 is 11.8 Å². The smallest absolute Gasteiger partial charge is 0.228 e. The number of hydrogen-bond donors (Lipinski definition) is 1. The van der Waals surface area contributed by atoms with Gasteiger partial charge in [0.2, 0.25) is 11.8 Å². The first kappa shape index (κ1) is 13.2. The number of nitrogens with zero attached hydrogens (tertiary/aromatic N) is 1. The van der Waals surface area contributed by atoms with Crippen LogP contribution in [0.15, 0.2) is 24.3 Å². The van der Waals surface area contributed by atoms with Crippen LogP contribution in [0.1, 0.15) is 36.4 Å². The maximum absolute atomic E-state index is 12.5. The van der Waals surface area contributed by atoms with E-state index in [0.29, 0.717) is 13.0 Å². The molecule has 2 aliphatic rings. The highest BCUT2D eigenvalue weighted by atomic mass is 16.2. The number of fused-ring (bicyclic) bond motifs is 1. The highest BCUT2D eigenvalue weighted by Gasteiger charge is 2.34. The van der Waals surface area contributed by atoms with Crippen molar-refractivity contribution in [3.8, 4) is 0 Å². The molecule has 4 heteroatoms. The van der Waals surface area contributed by atoms with Crippen LogP contribution in [0.4, 0.5) is 0 Å². The van der Waals surface area contributed by atoms with E-state index in [1.54, 1.807) is 0 Å².